The summed E-state index contributed by atoms with van der Waals surface area (Å²) in [6.07, 6.45) is 0. The fraction of sp³-hybridized carbons (Fsp3) is 1.00. The molecule has 0 aliphatic carbocycles. The van der Waals surface area contributed by atoms with E-state index >= 15 is 0 Å². The van der Waals surface area contributed by atoms with Crippen molar-refractivity contribution < 1.29 is 5.21 Å². The van der Waals surface area contributed by atoms with Gasteiger partial charge in [-0.25, -0.2) is 0 Å². The Morgan fingerprint density at radius 2 is 2.14 bits per heavy atom. The van der Waals surface area contributed by atoms with E-state index in [0.717, 1.165) is 0 Å². The Balaban J connectivity index is 2.95. The Bertz CT molecular complexity index is 42.2. The molecule has 0 bridgehead atoms. The molecule has 0 fully saturated rings. The average Bonchev–Trinajstić information content (AvgIpc) is 1.27. The number of nitrogens with zero attached hydrogens (tertiary/aromatic N) is 1. The van der Waals surface area contributed by atoms with Crippen molar-refractivity contribution >= 4 is 32.0 Å². The fourth-order valence-electron chi connectivity index (χ4n) is 0.421. The van der Waals surface area contributed by atoms with Crippen molar-refractivity contribution in [1.82, 2.24) is 3.03 Å². The molecule has 0 rings (SSSR count). The van der Waals surface area contributed by atoms with Gasteiger partial charge in [-0.1, -0.05) is 0 Å². The second kappa shape index (κ2) is 3.92. The Kier molecular flexibility index (Phi) is 4.48. The summed E-state index contributed by atoms with van der Waals surface area (Å²) in [6.45, 7) is 4.26. The molecule has 0 aliphatic heterocycles. The predicted octanol–water partition coefficient (Wildman–Crippen LogP) is -0.327. The van der Waals surface area contributed by atoms with Crippen LogP contribution in [0.4, 0.5) is 0 Å². The molecule has 1 N–H and O–H groups in total. The molecule has 2 nitrogen and oxygen atoms in total. The molecule has 0 saturated heterocycles. The number of rotatable bonds is 2. The molecule has 38 valence electrons. The summed E-state index contributed by atoms with van der Waals surface area (Å²) in [5, 5.41) is 8.63. The number of hydrogen-bond donors (Lipinski definition) is 1. The van der Waals surface area contributed by atoms with Gasteiger partial charge in [0.25, 0.3) is 0 Å². The van der Waals surface area contributed by atoms with E-state index in [-0.39, 0.29) is 15.4 Å². The maximum absolute atomic E-state index is 8.63. The average molecular weight is 130 g/mol. The summed E-state index contributed by atoms with van der Waals surface area (Å²) < 4.78 is 2.06. The zero-order chi connectivity index (χ0) is 5.86. The van der Waals surface area contributed by atoms with Crippen LogP contribution < -0.4 is 0 Å². The van der Waals surface area contributed by atoms with Crippen LogP contribution in [-0.2, 0) is 0 Å². The molecule has 0 radical (unpaired) electrons. The van der Waals surface area contributed by atoms with E-state index in [1.54, 1.807) is 0 Å². The van der Waals surface area contributed by atoms with E-state index in [0.29, 0.717) is 4.78 Å². The maximum atomic E-state index is 8.63. The third kappa shape index (κ3) is 6.98. The molecule has 0 aromatic carbocycles. The first-order chi connectivity index (χ1) is 3.13. The van der Waals surface area contributed by atoms with Crippen molar-refractivity contribution in [2.75, 3.05) is 0 Å². The molecule has 0 aliphatic rings. The van der Waals surface area contributed by atoms with E-state index in [9.17, 15) is 0 Å². The first kappa shape index (κ1) is 7.98. The fourth-order valence-corrected chi connectivity index (χ4v) is 2.81. The SMILES string of the molecule is C[CH](C)[AlH][N](O)[AlH+]. The van der Waals surface area contributed by atoms with Gasteiger partial charge in [-0.2, -0.15) is 0 Å². The molecule has 0 amide bonds. The molecule has 4 heteroatoms. The summed E-state index contributed by atoms with van der Waals surface area (Å²) >= 11 is 1.22. The van der Waals surface area contributed by atoms with E-state index in [4.69, 9.17) is 5.21 Å². The van der Waals surface area contributed by atoms with Crippen LogP contribution in [-0.4, -0.2) is 40.2 Å². The minimum absolute atomic E-state index is 0.318. The van der Waals surface area contributed by atoms with Gasteiger partial charge in [-0.3, -0.25) is 0 Å². The van der Waals surface area contributed by atoms with Crippen molar-refractivity contribution in [3.05, 3.63) is 0 Å². The third-order valence-corrected chi connectivity index (χ3v) is 2.50. The predicted molar refractivity (Wildman–Crippen MR) is 33.0 cm³/mol. The van der Waals surface area contributed by atoms with Crippen molar-refractivity contribution in [2.45, 2.75) is 18.6 Å². The summed E-state index contributed by atoms with van der Waals surface area (Å²) in [4.78, 5) is 0. The number of hydrogen-bond acceptors (Lipinski definition) is 2. The third-order valence-electron chi connectivity index (χ3n) is 0.576. The quantitative estimate of drug-likeness (QED) is 0.409. The van der Waals surface area contributed by atoms with Gasteiger partial charge < -0.3 is 0 Å². The molecular weight excluding hydrogens is 120 g/mol. The summed E-state index contributed by atoms with van der Waals surface area (Å²) in [5.74, 6) is 0. The Labute approximate surface area is 59.0 Å². The molecule has 0 heterocycles. The minimum atomic E-state index is -0.318. The topological polar surface area (TPSA) is 23.5 Å². The molecule has 0 unspecified atom stereocenters. The van der Waals surface area contributed by atoms with Crippen molar-refractivity contribution in [3.63, 3.8) is 0 Å². The van der Waals surface area contributed by atoms with Crippen molar-refractivity contribution in [2.24, 2.45) is 0 Å². The van der Waals surface area contributed by atoms with Crippen LogP contribution in [0.15, 0.2) is 0 Å². The molecule has 0 saturated carbocycles. The molecular formula is C3H10Al2NO+. The van der Waals surface area contributed by atoms with Gasteiger partial charge >= 0.3 is 58.8 Å². The molecule has 0 spiro atoms. The summed E-state index contributed by atoms with van der Waals surface area (Å²) in [6, 6.07) is 0. The zero-order valence-electron chi connectivity index (χ0n) is 4.89. The van der Waals surface area contributed by atoms with Gasteiger partial charge in [0, 0.05) is 0 Å². The van der Waals surface area contributed by atoms with Gasteiger partial charge in [-0.05, 0) is 0 Å². The van der Waals surface area contributed by atoms with Gasteiger partial charge in [0.05, 0.1) is 0 Å². The van der Waals surface area contributed by atoms with Crippen molar-refractivity contribution in [3.8, 4) is 0 Å². The van der Waals surface area contributed by atoms with Crippen LogP contribution >= 0.6 is 0 Å². The zero-order valence-corrected chi connectivity index (χ0v) is 7.71. The first-order valence-corrected chi connectivity index (χ1v) is 4.48. The van der Waals surface area contributed by atoms with Gasteiger partial charge in [0.15, 0.2) is 0 Å². The summed E-state index contributed by atoms with van der Waals surface area (Å²) in [7, 11) is 0. The normalized spacial score (nSPS) is 10.3. The van der Waals surface area contributed by atoms with Crippen LogP contribution in [0, 0.1) is 0 Å². The van der Waals surface area contributed by atoms with E-state index in [1.165, 1.54) is 19.5 Å². The van der Waals surface area contributed by atoms with Crippen molar-refractivity contribution in [1.29, 1.82) is 0 Å². The van der Waals surface area contributed by atoms with E-state index < -0.39 is 0 Å². The van der Waals surface area contributed by atoms with Crippen LogP contribution in [0.1, 0.15) is 13.8 Å². The Morgan fingerprint density at radius 1 is 1.71 bits per heavy atom. The molecule has 7 heavy (non-hydrogen) atoms. The van der Waals surface area contributed by atoms with Crippen LogP contribution in [0.25, 0.3) is 0 Å². The van der Waals surface area contributed by atoms with Gasteiger partial charge in [0.2, 0.25) is 0 Å². The van der Waals surface area contributed by atoms with Gasteiger partial charge in [0.1, 0.15) is 0 Å². The van der Waals surface area contributed by atoms with Gasteiger partial charge in [-0.15, -0.1) is 0 Å². The van der Waals surface area contributed by atoms with Crippen LogP contribution in [0.3, 0.4) is 0 Å². The Morgan fingerprint density at radius 3 is 2.14 bits per heavy atom. The Hall–Kier alpha value is 0.985. The van der Waals surface area contributed by atoms with Crippen LogP contribution in [0.5, 0.6) is 0 Å². The standard InChI is InChI=1S/C3H7.2Al.HNO.2H/c1-3-2;;;1-2;;/h3H,1-2H3;;;2H;;/q;;+1;;;. The second-order valence-electron chi connectivity index (χ2n) is 2.08. The first-order valence-electron chi connectivity index (χ1n) is 2.40. The molecule has 0 atom stereocenters. The molecule has 0 aromatic heterocycles. The summed E-state index contributed by atoms with van der Waals surface area (Å²) in [5.41, 5.74) is 0. The monoisotopic (exact) mass is 130 g/mol. The van der Waals surface area contributed by atoms with E-state index in [2.05, 4.69) is 13.8 Å². The second-order valence-corrected chi connectivity index (χ2v) is 6.44. The van der Waals surface area contributed by atoms with Crippen LogP contribution in [0.2, 0.25) is 4.78 Å². The molecule has 0 aromatic rings. The van der Waals surface area contributed by atoms with E-state index in [1.807, 2.05) is 0 Å².